The summed E-state index contributed by atoms with van der Waals surface area (Å²) in [5.74, 6) is 0. The molecule has 18 heavy (non-hydrogen) atoms. The van der Waals surface area contributed by atoms with E-state index in [0.29, 0.717) is 0 Å². The molecule has 3 N–H and O–H groups in total. The van der Waals surface area contributed by atoms with Crippen LogP contribution in [0.2, 0.25) is 0 Å². The highest BCUT2D eigenvalue weighted by atomic mass is 31.2. The van der Waals surface area contributed by atoms with Gasteiger partial charge in [0.1, 0.15) is 0 Å². The summed E-state index contributed by atoms with van der Waals surface area (Å²) in [6.07, 6.45) is 11.2. The van der Waals surface area contributed by atoms with Gasteiger partial charge in [0.15, 0.2) is 0 Å². The van der Waals surface area contributed by atoms with Crippen molar-refractivity contribution in [1.82, 2.24) is 0 Å². The molecule has 0 heterocycles. The van der Waals surface area contributed by atoms with E-state index in [2.05, 4.69) is 6.92 Å². The van der Waals surface area contributed by atoms with Gasteiger partial charge in [0.2, 0.25) is 0 Å². The minimum Gasteiger partial charge on any atom is -0.393 e. The molecule has 0 aliphatic carbocycles. The van der Waals surface area contributed by atoms with Crippen LogP contribution in [0.25, 0.3) is 0 Å². The summed E-state index contributed by atoms with van der Waals surface area (Å²) in [6.45, 7) is 2.82. The minimum absolute atomic E-state index is 0.198. The molecule has 0 radical (unpaired) electrons. The number of aliphatic hydroxyl groups excluding tert-OH is 3. The number of unbranched alkanes of at least 4 members (excludes halogenated alkanes) is 5. The van der Waals surface area contributed by atoms with Gasteiger partial charge in [-0.1, -0.05) is 32.6 Å². The molecule has 0 saturated heterocycles. The van der Waals surface area contributed by atoms with Crippen LogP contribution in [0.5, 0.6) is 0 Å². The van der Waals surface area contributed by atoms with E-state index in [4.69, 9.17) is 0 Å². The van der Waals surface area contributed by atoms with Gasteiger partial charge >= 0.3 is 0 Å². The van der Waals surface area contributed by atoms with Crippen molar-refractivity contribution in [1.29, 1.82) is 0 Å². The third kappa shape index (κ3) is 8.42. The first-order valence-corrected chi connectivity index (χ1v) is 9.95. The predicted molar refractivity (Wildman–Crippen MR) is 81.0 cm³/mol. The third-order valence-corrected chi connectivity index (χ3v) is 8.42. The third-order valence-electron chi connectivity index (χ3n) is 3.71. The number of aliphatic hydroxyl groups is 3. The maximum Gasteiger partial charge on any atom is 0.0827 e. The highest BCUT2D eigenvalue weighted by molar-refractivity contribution is 7.75. The Kier molecular flexibility index (Phi) is 12.6. The summed E-state index contributed by atoms with van der Waals surface area (Å²) in [7, 11) is -1.30. The molecule has 0 saturated carbocycles. The SMILES string of the molecule is CCCCCCCC[P+](CCO)(CCO)CCO. The topological polar surface area (TPSA) is 60.7 Å². The van der Waals surface area contributed by atoms with Crippen molar-refractivity contribution in [3.63, 3.8) is 0 Å². The van der Waals surface area contributed by atoms with E-state index in [1.807, 2.05) is 0 Å². The summed E-state index contributed by atoms with van der Waals surface area (Å²) in [6, 6.07) is 0. The zero-order chi connectivity index (χ0) is 13.7. The van der Waals surface area contributed by atoms with Crippen molar-refractivity contribution in [3.8, 4) is 0 Å². The van der Waals surface area contributed by atoms with Gasteiger partial charge in [-0.2, -0.15) is 0 Å². The highest BCUT2D eigenvalue weighted by Gasteiger charge is 2.34. The van der Waals surface area contributed by atoms with E-state index in [1.54, 1.807) is 0 Å². The lowest BCUT2D eigenvalue weighted by Gasteiger charge is -2.25. The van der Waals surface area contributed by atoms with Gasteiger partial charge < -0.3 is 15.3 Å². The van der Waals surface area contributed by atoms with E-state index in [9.17, 15) is 15.3 Å². The Morgan fingerprint density at radius 3 is 1.50 bits per heavy atom. The van der Waals surface area contributed by atoms with Crippen LogP contribution in [0.15, 0.2) is 0 Å². The molecule has 0 aliphatic rings. The average Bonchev–Trinajstić information content (AvgIpc) is 2.35. The van der Waals surface area contributed by atoms with E-state index in [1.165, 1.54) is 38.5 Å². The predicted octanol–water partition coefficient (Wildman–Crippen LogP) is 2.34. The average molecular weight is 279 g/mol. The minimum atomic E-state index is -1.30. The van der Waals surface area contributed by atoms with Gasteiger partial charge in [0.05, 0.1) is 44.5 Å². The van der Waals surface area contributed by atoms with Crippen LogP contribution in [-0.4, -0.2) is 59.8 Å². The Balaban J connectivity index is 3.97. The Morgan fingerprint density at radius 1 is 0.611 bits per heavy atom. The monoisotopic (exact) mass is 279 g/mol. The van der Waals surface area contributed by atoms with Gasteiger partial charge in [-0.05, 0) is 12.8 Å². The summed E-state index contributed by atoms with van der Waals surface area (Å²) in [4.78, 5) is 0. The van der Waals surface area contributed by atoms with Crippen LogP contribution in [0.4, 0.5) is 0 Å². The van der Waals surface area contributed by atoms with Gasteiger partial charge in [0, 0.05) is 7.26 Å². The van der Waals surface area contributed by atoms with Gasteiger partial charge in [-0.3, -0.25) is 0 Å². The maximum atomic E-state index is 9.19. The molecule has 0 unspecified atom stereocenters. The lowest BCUT2D eigenvalue weighted by Crippen LogP contribution is -2.18. The molecule has 0 rings (SSSR count). The second-order valence-electron chi connectivity index (χ2n) is 5.17. The van der Waals surface area contributed by atoms with Crippen LogP contribution in [0.1, 0.15) is 45.4 Å². The Hall–Kier alpha value is 0.310. The second-order valence-corrected chi connectivity index (χ2v) is 9.65. The van der Waals surface area contributed by atoms with Crippen molar-refractivity contribution in [3.05, 3.63) is 0 Å². The molecule has 0 bridgehead atoms. The molecule has 0 fully saturated rings. The number of hydrogen-bond acceptors (Lipinski definition) is 3. The molecule has 0 aromatic heterocycles. The van der Waals surface area contributed by atoms with E-state index < -0.39 is 7.26 Å². The fourth-order valence-electron chi connectivity index (χ4n) is 2.53. The first kappa shape index (κ1) is 18.3. The standard InChI is InChI=1S/C14H32O3P/c1-2-3-4-5-6-7-11-18(12-8-15,13-9-16)14-10-17/h15-17H,2-14H2,1H3/q+1. The molecular formula is C14H32O3P+. The van der Waals surface area contributed by atoms with Gasteiger partial charge in [-0.15, -0.1) is 0 Å². The smallest absolute Gasteiger partial charge is 0.0827 e. The lowest BCUT2D eigenvalue weighted by molar-refractivity contribution is 0.308. The van der Waals surface area contributed by atoms with Crippen molar-refractivity contribution < 1.29 is 15.3 Å². The molecule has 3 nitrogen and oxygen atoms in total. The van der Waals surface area contributed by atoms with Crippen LogP contribution in [-0.2, 0) is 0 Å². The van der Waals surface area contributed by atoms with Crippen molar-refractivity contribution in [2.75, 3.05) is 44.5 Å². The van der Waals surface area contributed by atoms with E-state index >= 15 is 0 Å². The first-order valence-electron chi connectivity index (χ1n) is 7.42. The normalized spacial score (nSPS) is 12.0. The molecule has 0 aliphatic heterocycles. The fourth-order valence-corrected chi connectivity index (χ4v) is 6.04. The van der Waals surface area contributed by atoms with Crippen LogP contribution < -0.4 is 0 Å². The zero-order valence-electron chi connectivity index (χ0n) is 12.0. The molecule has 110 valence electrons. The molecule has 4 heteroatoms. The molecule has 0 aromatic rings. The summed E-state index contributed by atoms with van der Waals surface area (Å²) in [5, 5.41) is 27.6. The Bertz CT molecular complexity index is 159. The van der Waals surface area contributed by atoms with Crippen LogP contribution in [0.3, 0.4) is 0 Å². The summed E-state index contributed by atoms with van der Waals surface area (Å²) >= 11 is 0. The molecule has 0 aromatic carbocycles. The van der Waals surface area contributed by atoms with Crippen LogP contribution in [0, 0.1) is 0 Å². The lowest BCUT2D eigenvalue weighted by atomic mass is 10.1. The number of rotatable bonds is 13. The number of hydrogen-bond donors (Lipinski definition) is 3. The second kappa shape index (κ2) is 12.3. The van der Waals surface area contributed by atoms with Gasteiger partial charge in [-0.25, -0.2) is 0 Å². The molecule has 0 atom stereocenters. The molecule has 0 spiro atoms. The van der Waals surface area contributed by atoms with Gasteiger partial charge in [0.25, 0.3) is 0 Å². The maximum absolute atomic E-state index is 9.19. The molecule has 0 amide bonds. The van der Waals surface area contributed by atoms with Crippen LogP contribution >= 0.6 is 7.26 Å². The quantitative estimate of drug-likeness (QED) is 0.358. The van der Waals surface area contributed by atoms with Crippen molar-refractivity contribution >= 4 is 7.26 Å². The Labute approximate surface area is 113 Å². The van der Waals surface area contributed by atoms with E-state index in [0.717, 1.165) is 24.6 Å². The largest absolute Gasteiger partial charge is 0.393 e. The van der Waals surface area contributed by atoms with Crippen molar-refractivity contribution in [2.24, 2.45) is 0 Å². The fraction of sp³-hybridized carbons (Fsp3) is 1.00. The zero-order valence-corrected chi connectivity index (χ0v) is 12.9. The van der Waals surface area contributed by atoms with E-state index in [-0.39, 0.29) is 19.8 Å². The summed E-state index contributed by atoms with van der Waals surface area (Å²) in [5.41, 5.74) is 0. The first-order chi connectivity index (χ1) is 8.74. The highest BCUT2D eigenvalue weighted by Crippen LogP contribution is 2.58. The van der Waals surface area contributed by atoms with Crippen molar-refractivity contribution in [2.45, 2.75) is 45.4 Å². The molecular weight excluding hydrogens is 247 g/mol. The Morgan fingerprint density at radius 2 is 1.06 bits per heavy atom. The summed E-state index contributed by atoms with van der Waals surface area (Å²) < 4.78 is 0.